The lowest BCUT2D eigenvalue weighted by Crippen LogP contribution is -2.42. The molecule has 3 unspecified atom stereocenters. The van der Waals surface area contributed by atoms with E-state index in [0.29, 0.717) is 26.2 Å². The number of nitrogens with two attached hydrogens (primary N) is 1. The van der Waals surface area contributed by atoms with Gasteiger partial charge in [0.1, 0.15) is 0 Å². The number of sulfone groups is 1. The number of hydrogen-bond acceptors (Lipinski definition) is 5. The SMILES string of the molecule is NC1COCC1C(=O)NCC1CCS(=O)(=O)C1. The molecule has 0 saturated carbocycles. The van der Waals surface area contributed by atoms with Crippen LogP contribution >= 0.6 is 0 Å². The molecular weight excluding hydrogens is 244 g/mol. The smallest absolute Gasteiger partial charge is 0.227 e. The van der Waals surface area contributed by atoms with E-state index in [1.165, 1.54) is 0 Å². The van der Waals surface area contributed by atoms with Gasteiger partial charge in [-0.25, -0.2) is 8.42 Å². The van der Waals surface area contributed by atoms with Crippen LogP contribution in [0.2, 0.25) is 0 Å². The van der Waals surface area contributed by atoms with Crippen LogP contribution in [0, 0.1) is 11.8 Å². The predicted molar refractivity (Wildman–Crippen MR) is 62.1 cm³/mol. The first-order chi connectivity index (χ1) is 7.98. The maximum Gasteiger partial charge on any atom is 0.227 e. The van der Waals surface area contributed by atoms with Crippen LogP contribution in [0.3, 0.4) is 0 Å². The summed E-state index contributed by atoms with van der Waals surface area (Å²) in [5.74, 6) is 0.0369. The molecule has 0 aromatic heterocycles. The van der Waals surface area contributed by atoms with Crippen LogP contribution in [0.5, 0.6) is 0 Å². The lowest BCUT2D eigenvalue weighted by molar-refractivity contribution is -0.125. The Kier molecular flexibility index (Phi) is 3.70. The molecule has 2 fully saturated rings. The molecule has 1 amide bonds. The average Bonchev–Trinajstić information content (AvgIpc) is 2.81. The third-order valence-corrected chi connectivity index (χ3v) is 5.19. The van der Waals surface area contributed by atoms with Crippen LogP contribution in [-0.2, 0) is 19.4 Å². The lowest BCUT2D eigenvalue weighted by atomic mass is 10.0. The van der Waals surface area contributed by atoms with Crippen LogP contribution in [0.1, 0.15) is 6.42 Å². The molecule has 0 bridgehead atoms. The molecule has 17 heavy (non-hydrogen) atoms. The monoisotopic (exact) mass is 262 g/mol. The van der Waals surface area contributed by atoms with E-state index in [0.717, 1.165) is 0 Å². The average molecular weight is 262 g/mol. The summed E-state index contributed by atoms with van der Waals surface area (Å²) in [6, 6.07) is -0.248. The molecule has 0 aliphatic carbocycles. The molecule has 3 atom stereocenters. The van der Waals surface area contributed by atoms with E-state index in [1.807, 2.05) is 0 Å². The largest absolute Gasteiger partial charge is 0.379 e. The van der Waals surface area contributed by atoms with E-state index >= 15 is 0 Å². The van der Waals surface area contributed by atoms with Crippen molar-refractivity contribution in [1.82, 2.24) is 5.32 Å². The molecule has 7 heteroatoms. The Balaban J connectivity index is 1.77. The minimum absolute atomic E-state index is 0.0440. The summed E-state index contributed by atoms with van der Waals surface area (Å²) in [6.45, 7) is 1.19. The lowest BCUT2D eigenvalue weighted by Gasteiger charge is -2.15. The summed E-state index contributed by atoms with van der Waals surface area (Å²) in [7, 11) is -2.87. The summed E-state index contributed by atoms with van der Waals surface area (Å²) in [4.78, 5) is 11.8. The molecule has 3 N–H and O–H groups in total. The van der Waals surface area contributed by atoms with Crippen molar-refractivity contribution in [2.24, 2.45) is 17.6 Å². The summed E-state index contributed by atoms with van der Waals surface area (Å²) in [5.41, 5.74) is 5.72. The van der Waals surface area contributed by atoms with Crippen LogP contribution in [-0.4, -0.2) is 51.6 Å². The van der Waals surface area contributed by atoms with Gasteiger partial charge in [-0.1, -0.05) is 0 Å². The predicted octanol–water partition coefficient (Wildman–Crippen LogP) is -1.49. The van der Waals surface area contributed by atoms with Crippen molar-refractivity contribution in [2.75, 3.05) is 31.3 Å². The first kappa shape index (κ1) is 12.8. The van der Waals surface area contributed by atoms with Gasteiger partial charge in [-0.2, -0.15) is 0 Å². The van der Waals surface area contributed by atoms with Crippen molar-refractivity contribution >= 4 is 15.7 Å². The van der Waals surface area contributed by atoms with Gasteiger partial charge in [0.2, 0.25) is 5.91 Å². The highest BCUT2D eigenvalue weighted by Gasteiger charge is 2.33. The van der Waals surface area contributed by atoms with E-state index in [1.54, 1.807) is 0 Å². The molecule has 2 rings (SSSR count). The second-order valence-corrected chi connectivity index (χ2v) is 7.05. The number of nitrogens with one attached hydrogen (secondary N) is 1. The van der Waals surface area contributed by atoms with E-state index in [9.17, 15) is 13.2 Å². The normalized spacial score (nSPS) is 35.9. The second kappa shape index (κ2) is 4.91. The number of rotatable bonds is 3. The van der Waals surface area contributed by atoms with Gasteiger partial charge in [0.15, 0.2) is 9.84 Å². The van der Waals surface area contributed by atoms with Crippen molar-refractivity contribution < 1.29 is 17.9 Å². The van der Waals surface area contributed by atoms with Crippen LogP contribution in [0.25, 0.3) is 0 Å². The van der Waals surface area contributed by atoms with E-state index in [-0.39, 0.29) is 35.3 Å². The molecule has 98 valence electrons. The molecule has 6 nitrogen and oxygen atoms in total. The van der Waals surface area contributed by atoms with Gasteiger partial charge < -0.3 is 15.8 Å². The molecule has 2 aliphatic heterocycles. The standard InChI is InChI=1S/C10H18N2O4S/c11-9-5-16-4-8(9)10(13)12-3-7-1-2-17(14,15)6-7/h7-9H,1-6,11H2,(H,12,13). The molecule has 0 aromatic rings. The van der Waals surface area contributed by atoms with Gasteiger partial charge in [0, 0.05) is 12.6 Å². The van der Waals surface area contributed by atoms with Crippen LogP contribution in [0.15, 0.2) is 0 Å². The Morgan fingerprint density at radius 3 is 2.71 bits per heavy atom. The zero-order valence-electron chi connectivity index (χ0n) is 9.59. The highest BCUT2D eigenvalue weighted by Crippen LogP contribution is 2.18. The first-order valence-electron chi connectivity index (χ1n) is 5.79. The van der Waals surface area contributed by atoms with E-state index < -0.39 is 9.84 Å². The molecule has 2 aliphatic rings. The Labute approximate surface area is 101 Å². The Morgan fingerprint density at radius 1 is 1.41 bits per heavy atom. The second-order valence-electron chi connectivity index (χ2n) is 4.82. The third-order valence-electron chi connectivity index (χ3n) is 3.35. The number of amides is 1. The zero-order chi connectivity index (χ0) is 12.5. The topological polar surface area (TPSA) is 98.5 Å². The number of ether oxygens (including phenoxy) is 1. The maximum absolute atomic E-state index is 11.8. The Morgan fingerprint density at radius 2 is 2.18 bits per heavy atom. The molecule has 2 saturated heterocycles. The van der Waals surface area contributed by atoms with Crippen molar-refractivity contribution in [3.63, 3.8) is 0 Å². The van der Waals surface area contributed by atoms with Gasteiger partial charge in [-0.15, -0.1) is 0 Å². The Bertz CT molecular complexity index is 395. The van der Waals surface area contributed by atoms with Crippen molar-refractivity contribution in [3.8, 4) is 0 Å². The highest BCUT2D eigenvalue weighted by atomic mass is 32.2. The van der Waals surface area contributed by atoms with Gasteiger partial charge in [-0.05, 0) is 12.3 Å². The molecule has 0 spiro atoms. The molecular formula is C10H18N2O4S. The minimum atomic E-state index is -2.87. The summed E-state index contributed by atoms with van der Waals surface area (Å²) >= 11 is 0. The Hall–Kier alpha value is -0.660. The van der Waals surface area contributed by atoms with E-state index in [4.69, 9.17) is 10.5 Å². The highest BCUT2D eigenvalue weighted by molar-refractivity contribution is 7.91. The summed E-state index contributed by atoms with van der Waals surface area (Å²) in [6.07, 6.45) is 0.635. The van der Waals surface area contributed by atoms with Gasteiger partial charge in [0.05, 0.1) is 30.6 Å². The van der Waals surface area contributed by atoms with Crippen LogP contribution < -0.4 is 11.1 Å². The van der Waals surface area contributed by atoms with E-state index in [2.05, 4.69) is 5.32 Å². The number of hydrogen-bond donors (Lipinski definition) is 2. The summed E-state index contributed by atoms with van der Waals surface area (Å²) < 4.78 is 27.6. The van der Waals surface area contributed by atoms with Crippen molar-refractivity contribution in [2.45, 2.75) is 12.5 Å². The van der Waals surface area contributed by atoms with Crippen molar-refractivity contribution in [3.05, 3.63) is 0 Å². The number of carbonyl (C=O) groups excluding carboxylic acids is 1. The third kappa shape index (κ3) is 3.17. The molecule has 0 radical (unpaired) electrons. The maximum atomic E-state index is 11.8. The molecule has 0 aromatic carbocycles. The molecule has 2 heterocycles. The fourth-order valence-corrected chi connectivity index (χ4v) is 4.11. The first-order valence-corrected chi connectivity index (χ1v) is 7.61. The van der Waals surface area contributed by atoms with Crippen molar-refractivity contribution in [1.29, 1.82) is 0 Å². The van der Waals surface area contributed by atoms with Gasteiger partial charge in [-0.3, -0.25) is 4.79 Å². The minimum Gasteiger partial charge on any atom is -0.379 e. The quantitative estimate of drug-likeness (QED) is 0.646. The number of carbonyl (C=O) groups is 1. The van der Waals surface area contributed by atoms with Gasteiger partial charge >= 0.3 is 0 Å². The fraction of sp³-hybridized carbons (Fsp3) is 0.900. The zero-order valence-corrected chi connectivity index (χ0v) is 10.4. The fourth-order valence-electron chi connectivity index (χ4n) is 2.25. The van der Waals surface area contributed by atoms with Crippen LogP contribution in [0.4, 0.5) is 0 Å². The summed E-state index contributed by atoms with van der Waals surface area (Å²) in [5, 5.41) is 2.77. The van der Waals surface area contributed by atoms with Gasteiger partial charge in [0.25, 0.3) is 0 Å².